The quantitative estimate of drug-likeness (QED) is 0.586. The van der Waals surface area contributed by atoms with E-state index in [9.17, 15) is 0 Å². The second-order valence-corrected chi connectivity index (χ2v) is 6.79. The summed E-state index contributed by atoms with van der Waals surface area (Å²) in [6, 6.07) is 11.8. The summed E-state index contributed by atoms with van der Waals surface area (Å²) in [4.78, 5) is 9.46. The van der Waals surface area contributed by atoms with Crippen LogP contribution in [0.4, 0.5) is 5.95 Å². The molecule has 1 atom stereocenters. The van der Waals surface area contributed by atoms with Crippen molar-refractivity contribution in [3.05, 3.63) is 54.6 Å². The standard InChI is InChI=1S/C20H19N7O/c21-20-25-18(13-5-2-1-3-6-13)17(14-8-9-22-23-12-14)19-24-16(26-27(19)20)11-15-7-4-10-28-15/h1-3,5-6,8-9,12,15H,4,7,10-11H2,(H2,21,25)/t15-/m1/s1. The van der Waals surface area contributed by atoms with Gasteiger partial charge in [-0.3, -0.25) is 0 Å². The molecule has 1 fully saturated rings. The summed E-state index contributed by atoms with van der Waals surface area (Å²) in [6.45, 7) is 0.799. The predicted molar refractivity (Wildman–Crippen MR) is 104 cm³/mol. The van der Waals surface area contributed by atoms with Crippen LogP contribution in [0.1, 0.15) is 18.7 Å². The van der Waals surface area contributed by atoms with Gasteiger partial charge in [0.25, 0.3) is 0 Å². The number of aromatic nitrogens is 6. The highest BCUT2D eigenvalue weighted by Crippen LogP contribution is 2.34. The number of benzene rings is 1. The topological polar surface area (TPSA) is 104 Å². The Morgan fingerprint density at radius 3 is 2.71 bits per heavy atom. The first kappa shape index (κ1) is 16.8. The third-order valence-electron chi connectivity index (χ3n) is 4.91. The number of nitrogen functional groups attached to an aromatic ring is 1. The Bertz CT molecular complexity index is 1110. The molecule has 0 aliphatic carbocycles. The summed E-state index contributed by atoms with van der Waals surface area (Å²) in [6.07, 6.45) is 6.28. The molecule has 0 radical (unpaired) electrons. The fourth-order valence-corrected chi connectivity index (χ4v) is 3.60. The zero-order valence-corrected chi connectivity index (χ0v) is 15.2. The van der Waals surface area contributed by atoms with E-state index in [0.717, 1.165) is 41.8 Å². The molecule has 140 valence electrons. The smallest absolute Gasteiger partial charge is 0.223 e. The van der Waals surface area contributed by atoms with Crippen molar-refractivity contribution >= 4 is 11.6 Å². The minimum atomic E-state index is 0.159. The molecule has 5 rings (SSSR count). The van der Waals surface area contributed by atoms with Crippen molar-refractivity contribution in [3.8, 4) is 22.4 Å². The second kappa shape index (κ2) is 6.97. The van der Waals surface area contributed by atoms with Gasteiger partial charge in [-0.2, -0.15) is 14.7 Å². The molecule has 28 heavy (non-hydrogen) atoms. The molecular formula is C20H19N7O. The number of ether oxygens (including phenoxy) is 1. The van der Waals surface area contributed by atoms with Crippen LogP contribution in [-0.2, 0) is 11.2 Å². The maximum atomic E-state index is 6.25. The van der Waals surface area contributed by atoms with Gasteiger partial charge < -0.3 is 10.5 Å². The first-order valence-electron chi connectivity index (χ1n) is 9.29. The van der Waals surface area contributed by atoms with Gasteiger partial charge in [0.1, 0.15) is 0 Å². The fraction of sp³-hybridized carbons (Fsp3) is 0.250. The lowest BCUT2D eigenvalue weighted by atomic mass is 10.0. The molecule has 0 unspecified atom stereocenters. The van der Waals surface area contributed by atoms with Crippen LogP contribution in [0.5, 0.6) is 0 Å². The number of hydrogen-bond acceptors (Lipinski definition) is 7. The van der Waals surface area contributed by atoms with Crippen LogP contribution >= 0.6 is 0 Å². The SMILES string of the molecule is Nc1nc(-c2ccccc2)c(-c2ccnnc2)c2nc(C[C@H]3CCCO3)nn12. The summed E-state index contributed by atoms with van der Waals surface area (Å²) in [5.41, 5.74) is 10.3. The van der Waals surface area contributed by atoms with Crippen molar-refractivity contribution in [1.29, 1.82) is 0 Å². The van der Waals surface area contributed by atoms with Crippen LogP contribution in [0.25, 0.3) is 28.0 Å². The summed E-state index contributed by atoms with van der Waals surface area (Å²) in [7, 11) is 0. The van der Waals surface area contributed by atoms with E-state index in [0.29, 0.717) is 23.8 Å². The molecular weight excluding hydrogens is 354 g/mol. The van der Waals surface area contributed by atoms with Crippen molar-refractivity contribution in [2.45, 2.75) is 25.4 Å². The van der Waals surface area contributed by atoms with Gasteiger partial charge in [0, 0.05) is 24.2 Å². The molecule has 8 heteroatoms. The van der Waals surface area contributed by atoms with E-state index in [1.807, 2.05) is 36.4 Å². The lowest BCUT2D eigenvalue weighted by molar-refractivity contribution is 0.110. The maximum absolute atomic E-state index is 6.25. The molecule has 1 saturated heterocycles. The molecule has 1 aliphatic rings. The third kappa shape index (κ3) is 2.97. The third-order valence-corrected chi connectivity index (χ3v) is 4.91. The molecule has 1 aromatic carbocycles. The lowest BCUT2D eigenvalue weighted by Crippen LogP contribution is -2.10. The second-order valence-electron chi connectivity index (χ2n) is 6.79. The van der Waals surface area contributed by atoms with Crippen LogP contribution in [0.3, 0.4) is 0 Å². The number of nitrogens with two attached hydrogens (primary N) is 1. The van der Waals surface area contributed by atoms with Gasteiger partial charge in [0.2, 0.25) is 5.95 Å². The minimum absolute atomic E-state index is 0.159. The summed E-state index contributed by atoms with van der Waals surface area (Å²) >= 11 is 0. The summed E-state index contributed by atoms with van der Waals surface area (Å²) in [5, 5.41) is 12.5. The Hall–Kier alpha value is -3.39. The van der Waals surface area contributed by atoms with E-state index in [-0.39, 0.29) is 6.10 Å². The van der Waals surface area contributed by atoms with Gasteiger partial charge in [-0.25, -0.2) is 9.97 Å². The highest BCUT2D eigenvalue weighted by molar-refractivity contribution is 5.90. The van der Waals surface area contributed by atoms with Crippen molar-refractivity contribution in [1.82, 2.24) is 29.8 Å². The molecule has 0 amide bonds. The highest BCUT2D eigenvalue weighted by Gasteiger charge is 2.23. The van der Waals surface area contributed by atoms with Gasteiger partial charge in [0.15, 0.2) is 11.5 Å². The van der Waals surface area contributed by atoms with Crippen LogP contribution in [0, 0.1) is 0 Å². The molecule has 2 N–H and O–H groups in total. The molecule has 8 nitrogen and oxygen atoms in total. The van der Waals surface area contributed by atoms with Crippen molar-refractivity contribution in [2.24, 2.45) is 0 Å². The number of fused-ring (bicyclic) bond motifs is 1. The Labute approximate surface area is 161 Å². The highest BCUT2D eigenvalue weighted by atomic mass is 16.5. The average Bonchev–Trinajstić information content (AvgIpc) is 3.40. The molecule has 0 bridgehead atoms. The maximum Gasteiger partial charge on any atom is 0.223 e. The van der Waals surface area contributed by atoms with E-state index in [4.69, 9.17) is 15.5 Å². The van der Waals surface area contributed by atoms with E-state index in [1.165, 1.54) is 0 Å². The summed E-state index contributed by atoms with van der Waals surface area (Å²) in [5.74, 6) is 1.000. The molecule has 4 heterocycles. The van der Waals surface area contributed by atoms with Crippen LogP contribution < -0.4 is 5.73 Å². The summed E-state index contributed by atoms with van der Waals surface area (Å²) < 4.78 is 7.34. The first-order valence-corrected chi connectivity index (χ1v) is 9.29. The zero-order chi connectivity index (χ0) is 18.9. The van der Waals surface area contributed by atoms with Gasteiger partial charge in [0.05, 0.1) is 29.8 Å². The van der Waals surface area contributed by atoms with Gasteiger partial charge in [-0.15, -0.1) is 5.10 Å². The number of rotatable bonds is 4. The molecule has 4 aromatic rings. The van der Waals surface area contributed by atoms with E-state index in [2.05, 4.69) is 20.3 Å². The van der Waals surface area contributed by atoms with Crippen LogP contribution in [0.2, 0.25) is 0 Å². The van der Waals surface area contributed by atoms with Crippen LogP contribution in [-0.4, -0.2) is 42.5 Å². The normalized spacial score (nSPS) is 16.6. The number of nitrogens with zero attached hydrogens (tertiary/aromatic N) is 6. The Morgan fingerprint density at radius 2 is 1.96 bits per heavy atom. The van der Waals surface area contributed by atoms with E-state index >= 15 is 0 Å². The zero-order valence-electron chi connectivity index (χ0n) is 15.2. The van der Waals surface area contributed by atoms with Crippen molar-refractivity contribution in [3.63, 3.8) is 0 Å². The number of anilines is 1. The van der Waals surface area contributed by atoms with Crippen molar-refractivity contribution in [2.75, 3.05) is 12.3 Å². The van der Waals surface area contributed by atoms with Crippen molar-refractivity contribution < 1.29 is 4.74 Å². The monoisotopic (exact) mass is 373 g/mol. The van der Waals surface area contributed by atoms with Gasteiger partial charge >= 0.3 is 0 Å². The lowest BCUT2D eigenvalue weighted by Gasteiger charge is -2.11. The average molecular weight is 373 g/mol. The van der Waals surface area contributed by atoms with Gasteiger partial charge in [-0.1, -0.05) is 30.3 Å². The Morgan fingerprint density at radius 1 is 1.07 bits per heavy atom. The first-order chi connectivity index (χ1) is 13.8. The van der Waals surface area contributed by atoms with Crippen LogP contribution in [0.15, 0.2) is 48.8 Å². The fourth-order valence-electron chi connectivity index (χ4n) is 3.60. The Balaban J connectivity index is 1.73. The number of hydrogen-bond donors (Lipinski definition) is 1. The molecule has 0 saturated carbocycles. The minimum Gasteiger partial charge on any atom is -0.378 e. The molecule has 0 spiro atoms. The molecule has 3 aromatic heterocycles. The largest absolute Gasteiger partial charge is 0.378 e. The predicted octanol–water partition coefficient (Wildman–Crippen LogP) is 2.55. The Kier molecular flexibility index (Phi) is 4.17. The molecule has 1 aliphatic heterocycles. The van der Waals surface area contributed by atoms with Gasteiger partial charge in [-0.05, 0) is 18.9 Å². The van der Waals surface area contributed by atoms with E-state index in [1.54, 1.807) is 16.9 Å². The van der Waals surface area contributed by atoms with E-state index < -0.39 is 0 Å².